The first-order valence-corrected chi connectivity index (χ1v) is 13.2. The maximum atomic E-state index is 12.4. The lowest BCUT2D eigenvalue weighted by atomic mass is 9.78. The minimum Gasteiger partial charge on any atom is -0.479 e. The number of hydrogen-bond acceptors (Lipinski definition) is 8. The third-order valence-electron chi connectivity index (χ3n) is 6.02. The van der Waals surface area contributed by atoms with Gasteiger partial charge in [-0.15, -0.1) is 0 Å². The molecule has 0 aromatic carbocycles. The molecule has 0 heterocycles. The van der Waals surface area contributed by atoms with Crippen LogP contribution in [0.5, 0.6) is 0 Å². The molecule has 0 radical (unpaired) electrons. The molecule has 1 fully saturated rings. The molecule has 0 spiro atoms. The van der Waals surface area contributed by atoms with Gasteiger partial charge in [0.25, 0.3) is 10.1 Å². The fourth-order valence-corrected chi connectivity index (χ4v) is 5.13. The molecule has 0 aromatic rings. The predicted octanol–water partition coefficient (Wildman–Crippen LogP) is 1.99. The molecule has 3 N–H and O–H groups in total. The molecule has 2 atom stereocenters. The SMILES string of the molecule is CC(=O)NCCCS(=O)(=O)OC(CCCCOC(=O)C1CCCCC1)C(C)(C)[C@@H](O)C(=O)O. The zero-order valence-electron chi connectivity index (χ0n) is 19.9. The van der Waals surface area contributed by atoms with Crippen LogP contribution in [-0.2, 0) is 33.4 Å². The Hall–Kier alpha value is -1.72. The second-order valence-electron chi connectivity index (χ2n) is 9.24. The van der Waals surface area contributed by atoms with Crippen molar-refractivity contribution < 1.29 is 41.9 Å². The summed E-state index contributed by atoms with van der Waals surface area (Å²) in [6.45, 7) is 4.55. The van der Waals surface area contributed by atoms with Crippen LogP contribution in [-0.4, -0.2) is 67.6 Å². The lowest BCUT2D eigenvalue weighted by Crippen LogP contribution is -2.47. The predicted molar refractivity (Wildman–Crippen MR) is 121 cm³/mol. The summed E-state index contributed by atoms with van der Waals surface area (Å²) in [6.07, 6.45) is 3.12. The molecule has 1 saturated carbocycles. The van der Waals surface area contributed by atoms with Crippen LogP contribution in [0.3, 0.4) is 0 Å². The van der Waals surface area contributed by atoms with E-state index in [9.17, 15) is 33.0 Å². The molecule has 1 aliphatic carbocycles. The number of unbranched alkanes of at least 4 members (excludes halogenated alkanes) is 1. The second-order valence-corrected chi connectivity index (χ2v) is 11.0. The number of hydrogen-bond donors (Lipinski definition) is 3. The Morgan fingerprint density at radius 2 is 1.73 bits per heavy atom. The number of aliphatic hydroxyl groups excluding tert-OH is 1. The summed E-state index contributed by atoms with van der Waals surface area (Å²) >= 11 is 0. The van der Waals surface area contributed by atoms with Gasteiger partial charge in [-0.2, -0.15) is 8.42 Å². The molecule has 0 saturated heterocycles. The Labute approximate surface area is 196 Å². The number of aliphatic carboxylic acids is 1. The molecule has 0 aliphatic heterocycles. The molecule has 1 unspecified atom stereocenters. The molecule has 1 rings (SSSR count). The first-order chi connectivity index (χ1) is 15.4. The number of carboxylic acid groups (broad SMARTS) is 1. The van der Waals surface area contributed by atoms with E-state index in [1.807, 2.05) is 0 Å². The van der Waals surface area contributed by atoms with Gasteiger partial charge in [0.1, 0.15) is 0 Å². The van der Waals surface area contributed by atoms with Gasteiger partial charge in [0.05, 0.1) is 24.4 Å². The molecule has 33 heavy (non-hydrogen) atoms. The van der Waals surface area contributed by atoms with Crippen LogP contribution >= 0.6 is 0 Å². The Morgan fingerprint density at radius 3 is 2.30 bits per heavy atom. The van der Waals surface area contributed by atoms with Crippen LogP contribution in [0.2, 0.25) is 0 Å². The summed E-state index contributed by atoms with van der Waals surface area (Å²) in [5.41, 5.74) is -1.39. The largest absolute Gasteiger partial charge is 0.479 e. The van der Waals surface area contributed by atoms with E-state index < -0.39 is 33.7 Å². The number of nitrogens with one attached hydrogen (secondary N) is 1. The van der Waals surface area contributed by atoms with Crippen molar-refractivity contribution in [3.63, 3.8) is 0 Å². The van der Waals surface area contributed by atoms with Crippen LogP contribution < -0.4 is 5.32 Å². The zero-order chi connectivity index (χ0) is 25.1. The van der Waals surface area contributed by atoms with Crippen molar-refractivity contribution in [2.24, 2.45) is 11.3 Å². The van der Waals surface area contributed by atoms with Gasteiger partial charge in [-0.25, -0.2) is 4.79 Å². The third-order valence-corrected chi connectivity index (χ3v) is 7.33. The van der Waals surface area contributed by atoms with E-state index >= 15 is 0 Å². The van der Waals surface area contributed by atoms with E-state index in [1.54, 1.807) is 0 Å². The second kappa shape index (κ2) is 13.9. The average molecular weight is 494 g/mol. The highest BCUT2D eigenvalue weighted by molar-refractivity contribution is 7.86. The smallest absolute Gasteiger partial charge is 0.333 e. The van der Waals surface area contributed by atoms with Crippen LogP contribution in [0.4, 0.5) is 0 Å². The standard InChI is InChI=1S/C22H39NO9S/c1-16(24)23-13-9-15-33(29,30)32-18(22(2,3)19(25)20(26)27)12-7-8-14-31-21(28)17-10-5-4-6-11-17/h17-19,25H,4-15H2,1-3H3,(H,23,24)(H,26,27)/t18?,19-/m0/s1. The van der Waals surface area contributed by atoms with Crippen molar-refractivity contribution in [3.8, 4) is 0 Å². The summed E-state index contributed by atoms with van der Waals surface area (Å²) in [4.78, 5) is 34.4. The van der Waals surface area contributed by atoms with Gasteiger partial charge < -0.3 is 20.3 Å². The zero-order valence-corrected chi connectivity index (χ0v) is 20.7. The van der Waals surface area contributed by atoms with Gasteiger partial charge in [-0.05, 0) is 38.5 Å². The van der Waals surface area contributed by atoms with Gasteiger partial charge in [-0.3, -0.25) is 13.8 Å². The van der Waals surface area contributed by atoms with Crippen molar-refractivity contribution in [3.05, 3.63) is 0 Å². The van der Waals surface area contributed by atoms with E-state index in [0.29, 0.717) is 12.8 Å². The first kappa shape index (κ1) is 29.3. The minimum absolute atomic E-state index is 0.0536. The molecule has 0 aromatic heterocycles. The molecule has 11 heteroatoms. The quantitative estimate of drug-likeness (QED) is 0.176. The number of carboxylic acids is 1. The topological polar surface area (TPSA) is 156 Å². The molecule has 0 bridgehead atoms. The highest BCUT2D eigenvalue weighted by Gasteiger charge is 2.43. The third kappa shape index (κ3) is 10.8. The summed E-state index contributed by atoms with van der Waals surface area (Å²) in [5, 5.41) is 21.9. The Balaban J connectivity index is 2.64. The lowest BCUT2D eigenvalue weighted by molar-refractivity contribution is -0.158. The number of carbonyl (C=O) groups excluding carboxylic acids is 2. The number of esters is 1. The number of ether oxygens (including phenoxy) is 1. The Morgan fingerprint density at radius 1 is 1.09 bits per heavy atom. The number of aliphatic hydroxyl groups is 1. The van der Waals surface area contributed by atoms with Gasteiger partial charge in [0.2, 0.25) is 5.91 Å². The van der Waals surface area contributed by atoms with Crippen molar-refractivity contribution in [1.29, 1.82) is 0 Å². The first-order valence-electron chi connectivity index (χ1n) is 11.6. The molecule has 1 amide bonds. The highest BCUT2D eigenvalue weighted by Crippen LogP contribution is 2.33. The number of amides is 1. The van der Waals surface area contributed by atoms with E-state index in [-0.39, 0.29) is 49.5 Å². The van der Waals surface area contributed by atoms with Crippen LogP contribution in [0, 0.1) is 11.3 Å². The van der Waals surface area contributed by atoms with Crippen molar-refractivity contribution >= 4 is 28.0 Å². The maximum absolute atomic E-state index is 12.4. The van der Waals surface area contributed by atoms with Crippen molar-refractivity contribution in [1.82, 2.24) is 5.32 Å². The fourth-order valence-electron chi connectivity index (χ4n) is 3.84. The molecule has 10 nitrogen and oxygen atoms in total. The summed E-state index contributed by atoms with van der Waals surface area (Å²) in [7, 11) is -4.03. The minimum atomic E-state index is -4.03. The molecule has 192 valence electrons. The summed E-state index contributed by atoms with van der Waals surface area (Å²) < 4.78 is 35.6. The Kier molecular flexibility index (Phi) is 12.3. The van der Waals surface area contributed by atoms with E-state index in [4.69, 9.17) is 8.92 Å². The van der Waals surface area contributed by atoms with Crippen molar-refractivity contribution in [2.75, 3.05) is 18.9 Å². The lowest BCUT2D eigenvalue weighted by Gasteiger charge is -2.35. The van der Waals surface area contributed by atoms with E-state index in [1.165, 1.54) is 20.8 Å². The van der Waals surface area contributed by atoms with Gasteiger partial charge in [-0.1, -0.05) is 33.1 Å². The average Bonchev–Trinajstić information content (AvgIpc) is 2.75. The summed E-state index contributed by atoms with van der Waals surface area (Å²) in [6, 6.07) is 0. The van der Waals surface area contributed by atoms with Gasteiger partial charge in [0.15, 0.2) is 6.10 Å². The number of carbonyl (C=O) groups is 3. The maximum Gasteiger partial charge on any atom is 0.333 e. The van der Waals surface area contributed by atoms with Crippen LogP contribution in [0.15, 0.2) is 0 Å². The van der Waals surface area contributed by atoms with Gasteiger partial charge in [0, 0.05) is 18.9 Å². The molecular weight excluding hydrogens is 454 g/mol. The molecular formula is C22H39NO9S. The highest BCUT2D eigenvalue weighted by atomic mass is 32.2. The number of rotatable bonds is 15. The normalized spacial score (nSPS) is 17.2. The monoisotopic (exact) mass is 493 g/mol. The van der Waals surface area contributed by atoms with Crippen LogP contribution in [0.25, 0.3) is 0 Å². The van der Waals surface area contributed by atoms with Gasteiger partial charge >= 0.3 is 11.9 Å². The van der Waals surface area contributed by atoms with Crippen LogP contribution in [0.1, 0.15) is 78.6 Å². The van der Waals surface area contributed by atoms with E-state index in [2.05, 4.69) is 5.32 Å². The van der Waals surface area contributed by atoms with E-state index in [0.717, 1.165) is 32.1 Å². The Bertz CT molecular complexity index is 745. The fraction of sp³-hybridized carbons (Fsp3) is 0.864. The summed E-state index contributed by atoms with van der Waals surface area (Å²) in [5.74, 6) is -2.37. The molecule has 1 aliphatic rings. The van der Waals surface area contributed by atoms with Crippen molar-refractivity contribution in [2.45, 2.75) is 90.8 Å².